The summed E-state index contributed by atoms with van der Waals surface area (Å²) in [6.07, 6.45) is 8.58. The van der Waals surface area contributed by atoms with Crippen LogP contribution in [-0.2, 0) is 0 Å². The maximum absolute atomic E-state index is 4.53. The molecule has 0 aromatic carbocycles. The van der Waals surface area contributed by atoms with E-state index in [1.165, 1.54) is 31.4 Å². The van der Waals surface area contributed by atoms with E-state index in [9.17, 15) is 0 Å². The molecule has 0 saturated carbocycles. The molecule has 94 valence electrons. The molecule has 1 heteroatoms. The van der Waals surface area contributed by atoms with Crippen molar-refractivity contribution in [3.63, 3.8) is 0 Å². The van der Waals surface area contributed by atoms with Gasteiger partial charge in [-0.25, -0.2) is 0 Å². The molecule has 1 atom stereocenters. The van der Waals surface area contributed by atoms with Crippen molar-refractivity contribution in [3.8, 4) is 0 Å². The van der Waals surface area contributed by atoms with Crippen LogP contribution in [0.15, 0.2) is 17.3 Å². The van der Waals surface area contributed by atoms with E-state index in [1.54, 1.807) is 0 Å². The summed E-state index contributed by atoms with van der Waals surface area (Å²) in [5.41, 5.74) is 2.30. The van der Waals surface area contributed by atoms with E-state index in [0.29, 0.717) is 0 Å². The van der Waals surface area contributed by atoms with Gasteiger partial charge in [-0.3, -0.25) is 4.99 Å². The lowest BCUT2D eigenvalue weighted by atomic mass is 9.98. The molecule has 0 radical (unpaired) electrons. The zero-order chi connectivity index (χ0) is 12.4. The third kappa shape index (κ3) is 8.70. The van der Waals surface area contributed by atoms with Crippen LogP contribution in [0.1, 0.15) is 72.6 Å². The second-order valence-electron chi connectivity index (χ2n) is 4.95. The predicted molar refractivity (Wildman–Crippen MR) is 75.1 cm³/mol. The number of hydrogen-bond donors (Lipinski definition) is 0. The molecule has 0 aromatic heterocycles. The molecule has 0 aliphatic rings. The van der Waals surface area contributed by atoms with Gasteiger partial charge in [0.05, 0.1) is 0 Å². The quantitative estimate of drug-likeness (QED) is 0.466. The van der Waals surface area contributed by atoms with Gasteiger partial charge >= 0.3 is 0 Å². The van der Waals surface area contributed by atoms with Crippen molar-refractivity contribution >= 4 is 5.71 Å². The Morgan fingerprint density at radius 1 is 1.12 bits per heavy atom. The summed E-state index contributed by atoms with van der Waals surface area (Å²) in [4.78, 5) is 4.53. The highest BCUT2D eigenvalue weighted by Crippen LogP contribution is 2.14. The van der Waals surface area contributed by atoms with Gasteiger partial charge in [0, 0.05) is 11.4 Å². The van der Waals surface area contributed by atoms with Gasteiger partial charge in [-0.05, 0) is 32.1 Å². The largest absolute Gasteiger partial charge is 0.263 e. The van der Waals surface area contributed by atoms with Crippen molar-refractivity contribution in [2.24, 2.45) is 10.9 Å². The van der Waals surface area contributed by atoms with Crippen LogP contribution >= 0.6 is 0 Å². The van der Waals surface area contributed by atoms with Gasteiger partial charge in [0.2, 0.25) is 0 Å². The van der Waals surface area contributed by atoms with Crippen LogP contribution in [-0.4, -0.2) is 5.71 Å². The first-order valence-corrected chi connectivity index (χ1v) is 6.82. The summed E-state index contributed by atoms with van der Waals surface area (Å²) in [6.45, 7) is 12.9. The minimum absolute atomic E-state index is 0.872. The van der Waals surface area contributed by atoms with Crippen molar-refractivity contribution in [3.05, 3.63) is 12.3 Å². The second kappa shape index (κ2) is 9.62. The van der Waals surface area contributed by atoms with Gasteiger partial charge in [0.25, 0.3) is 0 Å². The second-order valence-corrected chi connectivity index (χ2v) is 4.95. The van der Waals surface area contributed by atoms with E-state index in [0.717, 1.165) is 30.9 Å². The van der Waals surface area contributed by atoms with Gasteiger partial charge in [0.1, 0.15) is 0 Å². The van der Waals surface area contributed by atoms with E-state index in [1.807, 2.05) is 0 Å². The highest BCUT2D eigenvalue weighted by atomic mass is 14.7. The summed E-state index contributed by atoms with van der Waals surface area (Å²) in [7, 11) is 0. The van der Waals surface area contributed by atoms with Crippen LogP contribution in [0.5, 0.6) is 0 Å². The minimum Gasteiger partial charge on any atom is -0.263 e. The fourth-order valence-electron chi connectivity index (χ4n) is 2.01. The van der Waals surface area contributed by atoms with Gasteiger partial charge in [-0.1, -0.05) is 53.0 Å². The van der Waals surface area contributed by atoms with Crippen LogP contribution in [0.2, 0.25) is 0 Å². The third-order valence-electron chi connectivity index (χ3n) is 2.90. The first kappa shape index (κ1) is 15.4. The summed E-state index contributed by atoms with van der Waals surface area (Å²) in [5, 5.41) is 0. The minimum atomic E-state index is 0.872. The van der Waals surface area contributed by atoms with Crippen molar-refractivity contribution in [1.82, 2.24) is 0 Å². The standard InChI is InChI=1S/C15H29N/c1-6-9-13(3)11-8-12-15(5)16-14(4)10-7-2/h13H,4,6-12H2,1-3,5H3/b16-15+. The van der Waals surface area contributed by atoms with Crippen LogP contribution in [0.3, 0.4) is 0 Å². The molecule has 16 heavy (non-hydrogen) atoms. The first-order valence-electron chi connectivity index (χ1n) is 6.82. The Kier molecular flexibility index (Phi) is 9.27. The number of allylic oxidation sites excluding steroid dienone is 1. The van der Waals surface area contributed by atoms with Crippen molar-refractivity contribution in [1.29, 1.82) is 0 Å². The number of nitrogens with zero attached hydrogens (tertiary/aromatic N) is 1. The highest BCUT2D eigenvalue weighted by molar-refractivity contribution is 5.82. The van der Waals surface area contributed by atoms with Gasteiger partial charge in [-0.15, -0.1) is 0 Å². The Morgan fingerprint density at radius 2 is 1.81 bits per heavy atom. The monoisotopic (exact) mass is 223 g/mol. The van der Waals surface area contributed by atoms with Gasteiger partial charge < -0.3 is 0 Å². The van der Waals surface area contributed by atoms with Crippen LogP contribution in [0, 0.1) is 5.92 Å². The average Bonchev–Trinajstić information content (AvgIpc) is 2.18. The smallest absolute Gasteiger partial charge is 0.0331 e. The van der Waals surface area contributed by atoms with E-state index in [2.05, 4.69) is 39.3 Å². The van der Waals surface area contributed by atoms with Crippen molar-refractivity contribution in [2.75, 3.05) is 0 Å². The molecule has 0 heterocycles. The third-order valence-corrected chi connectivity index (χ3v) is 2.90. The van der Waals surface area contributed by atoms with Crippen molar-refractivity contribution < 1.29 is 0 Å². The van der Waals surface area contributed by atoms with E-state index < -0.39 is 0 Å². The summed E-state index contributed by atoms with van der Waals surface area (Å²) in [5.74, 6) is 0.872. The molecule has 0 N–H and O–H groups in total. The molecule has 0 aliphatic heterocycles. The summed E-state index contributed by atoms with van der Waals surface area (Å²) >= 11 is 0. The zero-order valence-corrected chi connectivity index (χ0v) is 11.7. The highest BCUT2D eigenvalue weighted by Gasteiger charge is 2.01. The van der Waals surface area contributed by atoms with Gasteiger partial charge in [0.15, 0.2) is 0 Å². The van der Waals surface area contributed by atoms with E-state index in [-0.39, 0.29) is 0 Å². The molecule has 0 fully saturated rings. The lowest BCUT2D eigenvalue weighted by molar-refractivity contribution is 0.474. The van der Waals surface area contributed by atoms with Crippen LogP contribution in [0.25, 0.3) is 0 Å². The predicted octanol–water partition coefficient (Wildman–Crippen LogP) is 5.37. The molecule has 0 aromatic rings. The maximum atomic E-state index is 4.53. The number of rotatable bonds is 9. The topological polar surface area (TPSA) is 12.4 Å². The Labute approximate surface area is 102 Å². The van der Waals surface area contributed by atoms with E-state index >= 15 is 0 Å². The lowest BCUT2D eigenvalue weighted by Gasteiger charge is -2.09. The Balaban J connectivity index is 3.71. The Hall–Kier alpha value is -0.590. The molecule has 0 rings (SSSR count). The van der Waals surface area contributed by atoms with Crippen LogP contribution < -0.4 is 0 Å². The fraction of sp³-hybridized carbons (Fsp3) is 0.800. The molecule has 0 aliphatic carbocycles. The molecule has 0 spiro atoms. The maximum Gasteiger partial charge on any atom is 0.0331 e. The van der Waals surface area contributed by atoms with E-state index in [4.69, 9.17) is 0 Å². The fourth-order valence-corrected chi connectivity index (χ4v) is 2.01. The molecule has 1 nitrogen and oxygen atoms in total. The van der Waals surface area contributed by atoms with Gasteiger partial charge in [-0.2, -0.15) is 0 Å². The molecular formula is C15H29N. The zero-order valence-electron chi connectivity index (χ0n) is 11.7. The average molecular weight is 223 g/mol. The van der Waals surface area contributed by atoms with Crippen molar-refractivity contribution in [2.45, 2.75) is 72.6 Å². The summed E-state index contributed by atoms with van der Waals surface area (Å²) in [6, 6.07) is 0. The number of aliphatic imine (C=N–C) groups is 1. The Morgan fingerprint density at radius 3 is 2.38 bits per heavy atom. The number of hydrogen-bond acceptors (Lipinski definition) is 1. The summed E-state index contributed by atoms with van der Waals surface area (Å²) < 4.78 is 0. The lowest BCUT2D eigenvalue weighted by Crippen LogP contribution is -1.97. The Bertz CT molecular complexity index is 215. The SMILES string of the molecule is C=C(CCC)/N=C(\C)CCCC(C)CCC. The molecular weight excluding hydrogens is 194 g/mol. The molecule has 1 unspecified atom stereocenters. The normalized spacial score (nSPS) is 13.9. The molecule has 0 bridgehead atoms. The van der Waals surface area contributed by atoms with Crippen LogP contribution in [0.4, 0.5) is 0 Å². The first-order chi connectivity index (χ1) is 7.60. The molecule has 0 saturated heterocycles. The molecule has 0 amide bonds.